The van der Waals surface area contributed by atoms with Crippen molar-refractivity contribution in [1.29, 1.82) is 0 Å². The first-order valence-electron chi connectivity index (χ1n) is 9.60. The molecule has 0 unspecified atom stereocenters. The van der Waals surface area contributed by atoms with Gasteiger partial charge in [-0.25, -0.2) is 0 Å². The predicted octanol–water partition coefficient (Wildman–Crippen LogP) is 3.79. The first-order valence-corrected chi connectivity index (χ1v) is 9.60. The number of hydrogen-bond acceptors (Lipinski definition) is 3. The fraction of sp³-hybridized carbons (Fsp3) is 0.364. The highest BCUT2D eigenvalue weighted by Gasteiger charge is 2.19. The largest absolute Gasteiger partial charge is 0.494 e. The second-order valence-corrected chi connectivity index (χ2v) is 6.67. The van der Waals surface area contributed by atoms with Gasteiger partial charge in [-0.05, 0) is 62.1 Å². The molecule has 1 aliphatic heterocycles. The van der Waals surface area contributed by atoms with Crippen molar-refractivity contribution >= 4 is 17.5 Å². The summed E-state index contributed by atoms with van der Waals surface area (Å²) < 4.78 is 5.63. The summed E-state index contributed by atoms with van der Waals surface area (Å²) in [6.07, 6.45) is 4.34. The van der Waals surface area contributed by atoms with Crippen molar-refractivity contribution in [2.75, 3.05) is 24.6 Å². The average Bonchev–Trinajstić information content (AvgIpc) is 2.72. The van der Waals surface area contributed by atoms with Gasteiger partial charge in [0.2, 0.25) is 5.91 Å². The third-order valence-corrected chi connectivity index (χ3v) is 4.63. The summed E-state index contributed by atoms with van der Waals surface area (Å²) >= 11 is 0. The molecular formula is C22H26N2O3. The van der Waals surface area contributed by atoms with E-state index in [9.17, 15) is 9.59 Å². The van der Waals surface area contributed by atoms with Crippen molar-refractivity contribution < 1.29 is 14.3 Å². The lowest BCUT2D eigenvalue weighted by Crippen LogP contribution is -2.35. The second kappa shape index (κ2) is 9.76. The van der Waals surface area contributed by atoms with E-state index in [1.54, 1.807) is 17.0 Å². The van der Waals surface area contributed by atoms with Crippen LogP contribution in [-0.2, 0) is 4.79 Å². The number of unbranched alkanes of at least 4 members (excludes halogenated alkanes) is 1. The number of nitrogens with one attached hydrogen (secondary N) is 1. The van der Waals surface area contributed by atoms with Crippen molar-refractivity contribution in [3.8, 4) is 5.75 Å². The summed E-state index contributed by atoms with van der Waals surface area (Å²) in [5.41, 5.74) is 1.48. The molecule has 2 aromatic rings. The summed E-state index contributed by atoms with van der Waals surface area (Å²) in [6.45, 7) is 2.01. The summed E-state index contributed by atoms with van der Waals surface area (Å²) in [4.78, 5) is 26.0. The smallest absolute Gasteiger partial charge is 0.251 e. The van der Waals surface area contributed by atoms with Crippen LogP contribution < -0.4 is 15.0 Å². The van der Waals surface area contributed by atoms with Crippen LogP contribution in [0.5, 0.6) is 5.75 Å². The molecule has 0 atom stereocenters. The minimum Gasteiger partial charge on any atom is -0.494 e. The van der Waals surface area contributed by atoms with E-state index in [0.717, 1.165) is 43.7 Å². The molecule has 2 aromatic carbocycles. The lowest BCUT2D eigenvalue weighted by Gasteiger charge is -2.26. The molecule has 0 aliphatic carbocycles. The Morgan fingerprint density at radius 1 is 1.00 bits per heavy atom. The molecule has 3 rings (SSSR count). The lowest BCUT2D eigenvalue weighted by atomic mass is 10.1. The summed E-state index contributed by atoms with van der Waals surface area (Å²) in [6, 6.07) is 17.0. The Bertz CT molecular complexity index is 744. The van der Waals surface area contributed by atoms with Crippen LogP contribution in [-0.4, -0.2) is 31.5 Å². The molecular weight excluding hydrogens is 340 g/mol. The van der Waals surface area contributed by atoms with Crippen LogP contribution >= 0.6 is 0 Å². The van der Waals surface area contributed by atoms with E-state index >= 15 is 0 Å². The van der Waals surface area contributed by atoms with Crippen LogP contribution in [0.3, 0.4) is 0 Å². The SMILES string of the molecule is O=C(NCCCCOc1ccccc1)c1ccc(N2CCCCC2=O)cc1. The summed E-state index contributed by atoms with van der Waals surface area (Å²) in [5.74, 6) is 0.945. The van der Waals surface area contributed by atoms with Gasteiger partial charge >= 0.3 is 0 Å². The third-order valence-electron chi connectivity index (χ3n) is 4.63. The lowest BCUT2D eigenvalue weighted by molar-refractivity contribution is -0.119. The fourth-order valence-corrected chi connectivity index (χ4v) is 3.11. The maximum absolute atomic E-state index is 12.2. The molecule has 0 aromatic heterocycles. The number of rotatable bonds is 8. The van der Waals surface area contributed by atoms with Crippen LogP contribution in [0, 0.1) is 0 Å². The molecule has 142 valence electrons. The topological polar surface area (TPSA) is 58.6 Å². The molecule has 1 heterocycles. The Morgan fingerprint density at radius 2 is 1.78 bits per heavy atom. The standard InChI is InChI=1S/C22H26N2O3/c25-21-10-4-6-16-24(21)19-13-11-18(12-14-19)22(26)23-15-5-7-17-27-20-8-2-1-3-9-20/h1-3,8-9,11-14H,4-7,10,15-17H2,(H,23,26). The van der Waals surface area contributed by atoms with Gasteiger partial charge in [0.15, 0.2) is 0 Å². The van der Waals surface area contributed by atoms with Crippen LogP contribution in [0.1, 0.15) is 42.5 Å². The van der Waals surface area contributed by atoms with Crippen LogP contribution in [0.15, 0.2) is 54.6 Å². The van der Waals surface area contributed by atoms with Crippen LogP contribution in [0.4, 0.5) is 5.69 Å². The molecule has 5 heteroatoms. The molecule has 0 bridgehead atoms. The number of para-hydroxylation sites is 1. The quantitative estimate of drug-likeness (QED) is 0.723. The highest BCUT2D eigenvalue weighted by atomic mass is 16.5. The molecule has 1 N–H and O–H groups in total. The van der Waals surface area contributed by atoms with Gasteiger partial charge in [0, 0.05) is 30.8 Å². The van der Waals surface area contributed by atoms with Crippen molar-refractivity contribution in [3.05, 3.63) is 60.2 Å². The Hall–Kier alpha value is -2.82. The number of benzene rings is 2. The van der Waals surface area contributed by atoms with Gasteiger partial charge in [0.05, 0.1) is 6.61 Å². The molecule has 1 fully saturated rings. The predicted molar refractivity (Wildman–Crippen MR) is 106 cm³/mol. The van der Waals surface area contributed by atoms with Crippen molar-refractivity contribution in [1.82, 2.24) is 5.32 Å². The Labute approximate surface area is 160 Å². The fourth-order valence-electron chi connectivity index (χ4n) is 3.11. The third kappa shape index (κ3) is 5.58. The molecule has 5 nitrogen and oxygen atoms in total. The summed E-state index contributed by atoms with van der Waals surface area (Å²) in [7, 11) is 0. The summed E-state index contributed by atoms with van der Waals surface area (Å²) in [5, 5.41) is 2.93. The Balaban J connectivity index is 1.37. The van der Waals surface area contributed by atoms with E-state index in [2.05, 4.69) is 5.32 Å². The molecule has 0 radical (unpaired) electrons. The van der Waals surface area contributed by atoms with E-state index in [-0.39, 0.29) is 11.8 Å². The number of piperidine rings is 1. The Morgan fingerprint density at radius 3 is 2.52 bits per heavy atom. The van der Waals surface area contributed by atoms with Crippen LogP contribution in [0.2, 0.25) is 0 Å². The number of anilines is 1. The Kier molecular flexibility index (Phi) is 6.85. The van der Waals surface area contributed by atoms with Gasteiger partial charge in [0.1, 0.15) is 5.75 Å². The molecule has 27 heavy (non-hydrogen) atoms. The zero-order chi connectivity index (χ0) is 18.9. The number of carbonyl (C=O) groups is 2. The highest BCUT2D eigenvalue weighted by molar-refractivity contribution is 5.96. The highest BCUT2D eigenvalue weighted by Crippen LogP contribution is 2.21. The van der Waals surface area contributed by atoms with Crippen LogP contribution in [0.25, 0.3) is 0 Å². The first-order chi connectivity index (χ1) is 13.2. The molecule has 0 spiro atoms. The van der Waals surface area contributed by atoms with Crippen molar-refractivity contribution in [3.63, 3.8) is 0 Å². The normalized spacial score (nSPS) is 14.1. The minimum atomic E-state index is -0.0875. The van der Waals surface area contributed by atoms with Crippen molar-refractivity contribution in [2.24, 2.45) is 0 Å². The van der Waals surface area contributed by atoms with Crippen molar-refractivity contribution in [2.45, 2.75) is 32.1 Å². The maximum Gasteiger partial charge on any atom is 0.251 e. The number of amides is 2. The van der Waals surface area contributed by atoms with Gasteiger partial charge in [0.25, 0.3) is 5.91 Å². The minimum absolute atomic E-state index is 0.0875. The average molecular weight is 366 g/mol. The number of carbonyl (C=O) groups excluding carboxylic acids is 2. The molecule has 0 saturated carbocycles. The van der Waals surface area contributed by atoms with Gasteiger partial charge in [-0.1, -0.05) is 18.2 Å². The number of nitrogens with zero attached hydrogens (tertiary/aromatic N) is 1. The maximum atomic E-state index is 12.2. The second-order valence-electron chi connectivity index (χ2n) is 6.67. The van der Waals surface area contributed by atoms with E-state index in [0.29, 0.717) is 25.1 Å². The zero-order valence-electron chi connectivity index (χ0n) is 15.5. The first kappa shape index (κ1) is 19.0. The molecule has 1 saturated heterocycles. The van der Waals surface area contributed by atoms with E-state index in [1.165, 1.54) is 0 Å². The monoisotopic (exact) mass is 366 g/mol. The number of ether oxygens (including phenoxy) is 1. The molecule has 2 amide bonds. The van der Waals surface area contributed by atoms with Gasteiger partial charge in [-0.3, -0.25) is 9.59 Å². The van der Waals surface area contributed by atoms with Gasteiger partial charge < -0.3 is 15.0 Å². The van der Waals surface area contributed by atoms with Gasteiger partial charge in [-0.2, -0.15) is 0 Å². The van der Waals surface area contributed by atoms with Gasteiger partial charge in [-0.15, -0.1) is 0 Å². The van der Waals surface area contributed by atoms with E-state index in [1.807, 2.05) is 42.5 Å². The van der Waals surface area contributed by atoms with E-state index < -0.39 is 0 Å². The zero-order valence-corrected chi connectivity index (χ0v) is 15.5. The number of hydrogen-bond donors (Lipinski definition) is 1. The molecule has 1 aliphatic rings. The van der Waals surface area contributed by atoms with E-state index in [4.69, 9.17) is 4.74 Å².